The summed E-state index contributed by atoms with van der Waals surface area (Å²) < 4.78 is 93.9. The number of benzene rings is 2. The van der Waals surface area contributed by atoms with Crippen LogP contribution in [0.3, 0.4) is 0 Å². The summed E-state index contributed by atoms with van der Waals surface area (Å²) in [6.07, 6.45) is 119. The van der Waals surface area contributed by atoms with E-state index in [0.717, 1.165) is 115 Å². The summed E-state index contributed by atoms with van der Waals surface area (Å²) in [5.41, 5.74) is -1.60. The third kappa shape index (κ3) is 80.2. The van der Waals surface area contributed by atoms with E-state index in [0.29, 0.717) is 25.7 Å². The molecule has 14 nitrogen and oxygen atoms in total. The maximum absolute atomic E-state index is 13.1. The Balaban J connectivity index is 0.00000252. The van der Waals surface area contributed by atoms with Crippen LogP contribution in [0.4, 0.5) is 0 Å². The first kappa shape index (κ1) is 125. The molecule has 0 aromatic heterocycles. The van der Waals surface area contributed by atoms with Crippen LogP contribution in [0.15, 0.2) is 94.8 Å². The predicted molar refractivity (Wildman–Crippen MR) is 544 cm³/mol. The van der Waals surface area contributed by atoms with E-state index < -0.39 is 65.0 Å². The number of hydrogen-bond acceptors (Lipinski definition) is 14. The summed E-state index contributed by atoms with van der Waals surface area (Å²) >= 11 is 0. The second-order valence-electron chi connectivity index (χ2n) is 37.0. The maximum Gasteiger partial charge on any atom is 2.00 e. The number of carbonyl (C=O) groups excluding carboxylic acids is 4. The van der Waals surface area contributed by atoms with Crippen LogP contribution < -0.4 is 0 Å². The summed E-state index contributed by atoms with van der Waals surface area (Å²) in [5.74, 6) is -3.67. The standard InChI is InChI=1S/2C56H98O7S.Ca/c2*1-3-5-7-9-11-13-15-17-19-21-23-25-27-29-31-33-35-37-39-41-43-45-50-62-55(57)52-48-47-49-53(64(59,60)61)54(52)56(58)63-51-46-44-42-40-38-36-34-32-30-28-26-24-22-20-18-16-14-12-10-8-6-4-2;/h2*35-38,47-49H,3-34,39-46,50-51H2,1-2H3,(H,59,60,61);/q;;+2/p-2/b2*37-35+,38-36+;. The topological polar surface area (TPSA) is 220 Å². The van der Waals surface area contributed by atoms with Crippen LogP contribution in [-0.2, 0) is 39.2 Å². The van der Waals surface area contributed by atoms with Gasteiger partial charge in [0.25, 0.3) is 0 Å². The molecule has 129 heavy (non-hydrogen) atoms. The molecule has 0 aliphatic heterocycles. The van der Waals surface area contributed by atoms with Crippen molar-refractivity contribution in [3.8, 4) is 0 Å². The SMILES string of the molecule is CCCCCCCCCCCCCCCCC/C=C/CCCCCOC(=O)c1cccc(S(=O)(=O)[O-])c1C(=O)OCCCCC/C=C/CCCCCCCCCCCCCCCCC.CCCCCCCCCCCCCCCCC/C=C/CCCCCOC(=O)c1cccc(S(=O)(=O)[O-])c1C(=O)OCCCCC/C=C/CCCCCCCCCCCCCCCCC.[Ca+2]. The van der Waals surface area contributed by atoms with Crippen LogP contribution in [0.2, 0.25) is 0 Å². The predicted octanol–water partition coefficient (Wildman–Crippen LogP) is 34.9. The zero-order chi connectivity index (χ0) is 92.9. The monoisotopic (exact) mass is 1870 g/mol. The number of ether oxygens (including phenoxy) is 4. The third-order valence-electron chi connectivity index (χ3n) is 25.0. The second kappa shape index (κ2) is 96.1. The largest absolute Gasteiger partial charge is 2.00 e. The Hall–Kier alpha value is -3.64. The summed E-state index contributed by atoms with van der Waals surface area (Å²) in [5, 5.41) is 0. The molecule has 0 amide bonds. The molecule has 0 radical (unpaired) electrons. The van der Waals surface area contributed by atoms with Crippen molar-refractivity contribution in [1.82, 2.24) is 0 Å². The number of rotatable bonds is 94. The fraction of sp³-hybridized carbons (Fsp3) is 0.786. The minimum absolute atomic E-state index is 0. The van der Waals surface area contributed by atoms with Gasteiger partial charge in [-0.25, -0.2) is 36.0 Å². The fourth-order valence-corrected chi connectivity index (χ4v) is 18.2. The molecular weight excluding hydrogens is 1670 g/mol. The minimum Gasteiger partial charge on any atom is -0.744 e. The zero-order valence-electron chi connectivity index (χ0n) is 83.7. The third-order valence-corrected chi connectivity index (χ3v) is 26.8. The molecule has 0 saturated carbocycles. The van der Waals surface area contributed by atoms with E-state index in [4.69, 9.17) is 18.9 Å². The molecule has 740 valence electrons. The van der Waals surface area contributed by atoms with E-state index in [-0.39, 0.29) is 75.3 Å². The minimum atomic E-state index is -5.03. The van der Waals surface area contributed by atoms with Gasteiger partial charge >= 0.3 is 61.6 Å². The van der Waals surface area contributed by atoms with E-state index in [1.165, 1.54) is 410 Å². The first-order valence-corrected chi connectivity index (χ1v) is 56.9. The van der Waals surface area contributed by atoms with Crippen molar-refractivity contribution >= 4 is 81.9 Å². The first-order chi connectivity index (χ1) is 62.6. The van der Waals surface area contributed by atoms with E-state index in [1.807, 2.05) is 0 Å². The maximum atomic E-state index is 13.1. The van der Waals surface area contributed by atoms with Gasteiger partial charge in [0.2, 0.25) is 0 Å². The summed E-state index contributed by atoms with van der Waals surface area (Å²) in [4.78, 5) is 50.6. The van der Waals surface area contributed by atoms with E-state index in [1.54, 1.807) is 0 Å². The Morgan fingerprint density at radius 2 is 0.357 bits per heavy atom. The van der Waals surface area contributed by atoms with Crippen LogP contribution in [-0.4, -0.2) is 114 Å². The van der Waals surface area contributed by atoms with Gasteiger partial charge in [-0.05, 0) is 178 Å². The Morgan fingerprint density at radius 1 is 0.217 bits per heavy atom. The molecule has 17 heteroatoms. The molecule has 0 fully saturated rings. The fourth-order valence-electron chi connectivity index (χ4n) is 16.8. The van der Waals surface area contributed by atoms with Gasteiger partial charge in [-0.3, -0.25) is 0 Å². The van der Waals surface area contributed by atoms with E-state index in [9.17, 15) is 45.1 Å². The molecule has 0 aliphatic carbocycles. The Kier molecular flexibility index (Phi) is 93.3. The Morgan fingerprint density at radius 3 is 0.512 bits per heavy atom. The average molecular weight is 1870 g/mol. The van der Waals surface area contributed by atoms with Crippen molar-refractivity contribution in [2.24, 2.45) is 0 Å². The van der Waals surface area contributed by atoms with Gasteiger partial charge in [0.1, 0.15) is 20.2 Å². The van der Waals surface area contributed by atoms with Crippen LogP contribution in [0.25, 0.3) is 0 Å². The van der Waals surface area contributed by atoms with Gasteiger partial charge < -0.3 is 28.1 Å². The molecule has 0 bridgehead atoms. The molecule has 0 unspecified atom stereocenters. The number of hydrogen-bond donors (Lipinski definition) is 0. The molecule has 0 atom stereocenters. The molecular formula is C112H194CaO14S2. The molecule has 0 spiro atoms. The number of esters is 4. The summed E-state index contributed by atoms with van der Waals surface area (Å²) in [6.45, 7) is 9.51. The van der Waals surface area contributed by atoms with Crippen molar-refractivity contribution < 1.29 is 64.1 Å². The number of allylic oxidation sites excluding steroid dienone is 8. The summed E-state index contributed by atoms with van der Waals surface area (Å²) in [7, 11) is -10.1. The van der Waals surface area contributed by atoms with Crippen molar-refractivity contribution in [3.63, 3.8) is 0 Å². The van der Waals surface area contributed by atoms with Crippen molar-refractivity contribution in [2.75, 3.05) is 26.4 Å². The smallest absolute Gasteiger partial charge is 0.744 e. The molecule has 0 saturated heterocycles. The van der Waals surface area contributed by atoms with Gasteiger partial charge in [-0.2, -0.15) is 0 Å². The normalized spacial score (nSPS) is 11.8. The van der Waals surface area contributed by atoms with Crippen molar-refractivity contribution in [3.05, 3.63) is 107 Å². The van der Waals surface area contributed by atoms with Crippen LogP contribution in [0.5, 0.6) is 0 Å². The van der Waals surface area contributed by atoms with Crippen LogP contribution in [0.1, 0.15) is 583 Å². The zero-order valence-corrected chi connectivity index (χ0v) is 87.6. The van der Waals surface area contributed by atoms with Gasteiger partial charge in [0.15, 0.2) is 0 Å². The second-order valence-corrected chi connectivity index (χ2v) is 39.7. The first-order valence-electron chi connectivity index (χ1n) is 54.1. The molecule has 0 aliphatic rings. The summed E-state index contributed by atoms with van der Waals surface area (Å²) in [6, 6.07) is 7.24. The average Bonchev–Trinajstić information content (AvgIpc) is 0.794. The molecule has 2 aromatic rings. The van der Waals surface area contributed by atoms with Crippen molar-refractivity contribution in [1.29, 1.82) is 0 Å². The van der Waals surface area contributed by atoms with Gasteiger partial charge in [0, 0.05) is 0 Å². The molecule has 0 heterocycles. The van der Waals surface area contributed by atoms with Gasteiger partial charge in [-0.15, -0.1) is 0 Å². The Labute approximate surface area is 824 Å². The number of unbranched alkanes of at least 4 members (excludes halogenated alkanes) is 72. The van der Waals surface area contributed by atoms with Crippen LogP contribution in [0, 0.1) is 0 Å². The molecule has 2 aromatic carbocycles. The van der Waals surface area contributed by atoms with E-state index >= 15 is 0 Å². The van der Waals surface area contributed by atoms with Crippen LogP contribution >= 0.6 is 0 Å². The number of carbonyl (C=O) groups is 4. The van der Waals surface area contributed by atoms with Gasteiger partial charge in [0.05, 0.1) is 58.5 Å². The molecule has 2 rings (SSSR count). The van der Waals surface area contributed by atoms with Gasteiger partial charge in [-0.1, -0.05) is 448 Å². The Bertz CT molecular complexity index is 3020. The molecule has 0 N–H and O–H groups in total. The van der Waals surface area contributed by atoms with E-state index in [2.05, 4.69) is 76.3 Å². The van der Waals surface area contributed by atoms with Crippen molar-refractivity contribution in [2.45, 2.75) is 551 Å². The quantitative estimate of drug-likeness (QED) is 0.0150.